The molecular formula is C14H7F5N2O3. The van der Waals surface area contributed by atoms with Crippen LogP contribution in [-0.2, 0) is 0 Å². The number of nitrogens with one attached hydrogen (secondary N) is 1. The van der Waals surface area contributed by atoms with Gasteiger partial charge in [-0.1, -0.05) is 0 Å². The molecule has 0 unspecified atom stereocenters. The summed E-state index contributed by atoms with van der Waals surface area (Å²) in [6.45, 7) is 1.35. The molecule has 0 spiro atoms. The Morgan fingerprint density at radius 2 is 1.50 bits per heavy atom. The number of carbonyl (C=O) groups excluding carboxylic acids is 1. The first-order valence-corrected chi connectivity index (χ1v) is 6.23. The molecule has 2 aromatic carbocycles. The molecule has 0 radical (unpaired) electrons. The van der Waals surface area contributed by atoms with E-state index in [4.69, 9.17) is 0 Å². The van der Waals surface area contributed by atoms with Crippen LogP contribution in [0.3, 0.4) is 0 Å². The zero-order valence-electron chi connectivity index (χ0n) is 11.8. The number of aryl methyl sites for hydroxylation is 1. The fourth-order valence-corrected chi connectivity index (χ4v) is 1.89. The number of hydrogen-bond acceptors (Lipinski definition) is 3. The van der Waals surface area contributed by atoms with Crippen molar-refractivity contribution in [3.63, 3.8) is 0 Å². The molecule has 0 aliphatic rings. The molecule has 2 rings (SSSR count). The van der Waals surface area contributed by atoms with Gasteiger partial charge in [-0.15, -0.1) is 0 Å². The van der Waals surface area contributed by atoms with Crippen molar-refractivity contribution in [2.24, 2.45) is 0 Å². The lowest BCUT2D eigenvalue weighted by Crippen LogP contribution is -2.19. The Bertz CT molecular complexity index is 841. The summed E-state index contributed by atoms with van der Waals surface area (Å²) in [5.74, 6) is -13.0. The molecule has 1 N–H and O–H groups in total. The van der Waals surface area contributed by atoms with Crippen molar-refractivity contribution in [2.75, 3.05) is 5.32 Å². The van der Waals surface area contributed by atoms with Crippen LogP contribution < -0.4 is 5.32 Å². The largest absolute Gasteiger partial charge is 0.322 e. The highest BCUT2D eigenvalue weighted by Gasteiger charge is 2.30. The predicted octanol–water partition coefficient (Wildman–Crippen LogP) is 3.85. The van der Waals surface area contributed by atoms with E-state index in [0.717, 1.165) is 18.2 Å². The monoisotopic (exact) mass is 346 g/mol. The molecule has 0 aromatic heterocycles. The zero-order valence-corrected chi connectivity index (χ0v) is 11.8. The number of non-ortho nitro benzene ring substituents is 1. The van der Waals surface area contributed by atoms with E-state index in [1.54, 1.807) is 0 Å². The number of rotatable bonds is 3. The molecule has 0 aliphatic heterocycles. The minimum absolute atomic E-state index is 0.0884. The number of halogens is 5. The normalized spacial score (nSPS) is 10.6. The lowest BCUT2D eigenvalue weighted by Gasteiger charge is -2.11. The van der Waals surface area contributed by atoms with Gasteiger partial charge in [-0.05, 0) is 18.6 Å². The summed E-state index contributed by atoms with van der Waals surface area (Å²) in [5.41, 5.74) is -1.89. The van der Waals surface area contributed by atoms with E-state index in [9.17, 15) is 36.9 Å². The second kappa shape index (κ2) is 6.22. The smallest absolute Gasteiger partial charge is 0.269 e. The summed E-state index contributed by atoms with van der Waals surface area (Å²) >= 11 is 0. The van der Waals surface area contributed by atoms with Gasteiger partial charge in [-0.3, -0.25) is 14.9 Å². The van der Waals surface area contributed by atoms with Gasteiger partial charge in [0.15, 0.2) is 23.3 Å². The quantitative estimate of drug-likeness (QED) is 0.302. The number of carbonyl (C=O) groups is 1. The lowest BCUT2D eigenvalue weighted by molar-refractivity contribution is -0.384. The molecule has 0 bridgehead atoms. The van der Waals surface area contributed by atoms with E-state index in [-0.39, 0.29) is 16.9 Å². The lowest BCUT2D eigenvalue weighted by atomic mass is 10.1. The number of nitro benzene ring substituents is 1. The van der Waals surface area contributed by atoms with Crippen molar-refractivity contribution in [3.8, 4) is 0 Å². The highest BCUT2D eigenvalue weighted by atomic mass is 19.2. The van der Waals surface area contributed by atoms with E-state index in [0.29, 0.717) is 0 Å². The third-order valence-electron chi connectivity index (χ3n) is 3.11. The van der Waals surface area contributed by atoms with Gasteiger partial charge < -0.3 is 5.32 Å². The number of nitro groups is 1. The minimum atomic E-state index is -2.38. The molecule has 1 amide bonds. The number of anilines is 1. The predicted molar refractivity (Wildman–Crippen MR) is 72.0 cm³/mol. The highest BCUT2D eigenvalue weighted by Crippen LogP contribution is 2.26. The Morgan fingerprint density at radius 3 is 1.96 bits per heavy atom. The van der Waals surface area contributed by atoms with Gasteiger partial charge >= 0.3 is 0 Å². The van der Waals surface area contributed by atoms with Crippen molar-refractivity contribution < 1.29 is 31.7 Å². The molecule has 0 fully saturated rings. The van der Waals surface area contributed by atoms with E-state index in [1.165, 1.54) is 6.92 Å². The summed E-state index contributed by atoms with van der Waals surface area (Å²) in [4.78, 5) is 21.8. The minimum Gasteiger partial charge on any atom is -0.322 e. The maximum Gasteiger partial charge on any atom is 0.269 e. The van der Waals surface area contributed by atoms with Gasteiger partial charge in [0.05, 0.1) is 4.92 Å². The molecule has 2 aromatic rings. The van der Waals surface area contributed by atoms with Gasteiger partial charge in [0.1, 0.15) is 5.56 Å². The molecule has 0 heterocycles. The number of hydrogen-bond donors (Lipinski definition) is 1. The van der Waals surface area contributed by atoms with Crippen LogP contribution in [0.2, 0.25) is 0 Å². The van der Waals surface area contributed by atoms with Crippen LogP contribution in [0.4, 0.5) is 33.3 Å². The van der Waals surface area contributed by atoms with Crippen molar-refractivity contribution in [3.05, 3.63) is 68.5 Å². The van der Waals surface area contributed by atoms with Crippen molar-refractivity contribution >= 4 is 17.3 Å². The average molecular weight is 346 g/mol. The van der Waals surface area contributed by atoms with E-state index < -0.39 is 45.5 Å². The Kier molecular flexibility index (Phi) is 4.49. The van der Waals surface area contributed by atoms with Crippen LogP contribution >= 0.6 is 0 Å². The standard InChI is InChI=1S/C14H7F5N2O3/c1-5-4-6(21(23)24)2-3-7(5)20-14(22)8-9(15)11(17)13(19)12(18)10(8)16/h2-4H,1H3,(H,20,22). The molecule has 5 nitrogen and oxygen atoms in total. The maximum atomic E-state index is 13.6. The van der Waals surface area contributed by atoms with E-state index in [1.807, 2.05) is 5.32 Å². The molecule has 24 heavy (non-hydrogen) atoms. The van der Waals surface area contributed by atoms with Gasteiger partial charge in [0.25, 0.3) is 11.6 Å². The fourth-order valence-electron chi connectivity index (χ4n) is 1.89. The zero-order chi connectivity index (χ0) is 18.2. The molecular weight excluding hydrogens is 339 g/mol. The third kappa shape index (κ3) is 2.90. The van der Waals surface area contributed by atoms with Crippen molar-refractivity contribution in [1.82, 2.24) is 0 Å². The van der Waals surface area contributed by atoms with Crippen LogP contribution in [0.25, 0.3) is 0 Å². The third-order valence-corrected chi connectivity index (χ3v) is 3.11. The molecule has 0 aliphatic carbocycles. The first-order valence-electron chi connectivity index (χ1n) is 6.23. The summed E-state index contributed by atoms with van der Waals surface area (Å²) in [6.07, 6.45) is 0. The maximum absolute atomic E-state index is 13.6. The van der Waals surface area contributed by atoms with Gasteiger partial charge in [0.2, 0.25) is 5.82 Å². The van der Waals surface area contributed by atoms with Crippen molar-refractivity contribution in [2.45, 2.75) is 6.92 Å². The summed E-state index contributed by atoms with van der Waals surface area (Å²) in [7, 11) is 0. The van der Waals surface area contributed by atoms with Gasteiger partial charge in [-0.2, -0.15) is 0 Å². The first kappa shape index (κ1) is 17.3. The molecule has 126 valence electrons. The van der Waals surface area contributed by atoms with E-state index >= 15 is 0 Å². The van der Waals surface area contributed by atoms with Crippen LogP contribution in [-0.4, -0.2) is 10.8 Å². The van der Waals surface area contributed by atoms with Gasteiger partial charge in [-0.25, -0.2) is 22.0 Å². The van der Waals surface area contributed by atoms with Gasteiger partial charge in [0, 0.05) is 17.8 Å². The van der Waals surface area contributed by atoms with Crippen molar-refractivity contribution in [1.29, 1.82) is 0 Å². The second-order valence-electron chi connectivity index (χ2n) is 4.66. The molecule has 0 atom stereocenters. The fraction of sp³-hybridized carbons (Fsp3) is 0.0714. The highest BCUT2D eigenvalue weighted by molar-refractivity contribution is 6.05. The Morgan fingerprint density at radius 1 is 1.00 bits per heavy atom. The van der Waals surface area contributed by atoms with E-state index in [2.05, 4.69) is 0 Å². The Labute approximate surface area is 130 Å². The average Bonchev–Trinajstić information content (AvgIpc) is 2.53. The topological polar surface area (TPSA) is 72.2 Å². The summed E-state index contributed by atoms with van der Waals surface area (Å²) in [6, 6.07) is 3.13. The molecule has 0 saturated carbocycles. The molecule has 0 saturated heterocycles. The van der Waals surface area contributed by atoms with Crippen LogP contribution in [0.5, 0.6) is 0 Å². The Hall–Kier alpha value is -3.04. The number of nitrogens with zero attached hydrogens (tertiary/aromatic N) is 1. The summed E-state index contributed by atoms with van der Waals surface area (Å²) < 4.78 is 66.3. The Balaban J connectivity index is 2.43. The van der Waals surface area contributed by atoms with Crippen LogP contribution in [0.1, 0.15) is 15.9 Å². The van der Waals surface area contributed by atoms with Crippen LogP contribution in [0.15, 0.2) is 18.2 Å². The summed E-state index contributed by atoms with van der Waals surface area (Å²) in [5, 5.41) is 12.6. The first-order chi connectivity index (χ1) is 11.1. The number of amides is 1. The second-order valence-corrected chi connectivity index (χ2v) is 4.66. The van der Waals surface area contributed by atoms with Crippen LogP contribution in [0, 0.1) is 46.1 Å². The number of benzene rings is 2. The molecule has 10 heteroatoms. The SMILES string of the molecule is Cc1cc([N+](=O)[O-])ccc1NC(=O)c1c(F)c(F)c(F)c(F)c1F.